The van der Waals surface area contributed by atoms with Gasteiger partial charge in [-0.05, 0) is 63.4 Å². The number of halogens is 1. The lowest BCUT2D eigenvalue weighted by molar-refractivity contribution is 0.651. The van der Waals surface area contributed by atoms with Crippen molar-refractivity contribution in [3.63, 3.8) is 0 Å². The van der Waals surface area contributed by atoms with Crippen LogP contribution in [0.25, 0.3) is 0 Å². The van der Waals surface area contributed by atoms with Crippen LogP contribution in [0.3, 0.4) is 0 Å². The van der Waals surface area contributed by atoms with Crippen molar-refractivity contribution in [3.8, 4) is 0 Å². The molecule has 0 aliphatic heterocycles. The van der Waals surface area contributed by atoms with Gasteiger partial charge in [-0.25, -0.2) is 4.21 Å². The molecule has 1 aromatic carbocycles. The maximum Gasteiger partial charge on any atom is 0.144 e. The first-order valence-corrected chi connectivity index (χ1v) is 6.93. The number of benzene rings is 1. The summed E-state index contributed by atoms with van der Waals surface area (Å²) in [5, 5.41) is 0.777. The molecule has 0 heterocycles. The number of rotatable bonds is 2. The highest BCUT2D eigenvalue weighted by molar-refractivity contribution is 7.85. The molecular formula is C13H18ClNOS. The van der Waals surface area contributed by atoms with Crippen LogP contribution in [-0.2, 0) is 11.0 Å². The summed E-state index contributed by atoms with van der Waals surface area (Å²) in [7, 11) is -1.22. The van der Waals surface area contributed by atoms with Gasteiger partial charge in [0.2, 0.25) is 0 Å². The van der Waals surface area contributed by atoms with Gasteiger partial charge < -0.3 is 0 Å². The zero-order valence-corrected chi connectivity index (χ0v) is 12.4. The Morgan fingerprint density at radius 3 is 2.12 bits per heavy atom. The fraction of sp³-hybridized carbons (Fsp3) is 0.462. The largest absolute Gasteiger partial charge is 0.234 e. The van der Waals surface area contributed by atoms with Gasteiger partial charge >= 0.3 is 0 Å². The average molecular weight is 272 g/mol. The Kier molecular flexibility index (Phi) is 4.50. The van der Waals surface area contributed by atoms with E-state index in [4.69, 9.17) is 11.6 Å². The van der Waals surface area contributed by atoms with Gasteiger partial charge in [-0.15, -0.1) is 0 Å². The minimum absolute atomic E-state index is 0.326. The van der Waals surface area contributed by atoms with E-state index in [1.54, 1.807) is 6.21 Å². The van der Waals surface area contributed by atoms with Gasteiger partial charge in [0, 0.05) is 11.2 Å². The van der Waals surface area contributed by atoms with Gasteiger partial charge in [-0.2, -0.15) is 4.40 Å². The number of aryl methyl sites for hydroxylation is 2. The van der Waals surface area contributed by atoms with Crippen LogP contribution < -0.4 is 0 Å². The van der Waals surface area contributed by atoms with Crippen LogP contribution >= 0.6 is 11.6 Å². The van der Waals surface area contributed by atoms with Gasteiger partial charge in [-0.3, -0.25) is 0 Å². The van der Waals surface area contributed by atoms with Crippen LogP contribution in [-0.4, -0.2) is 15.2 Å². The molecule has 17 heavy (non-hydrogen) atoms. The Morgan fingerprint density at radius 2 is 1.71 bits per heavy atom. The third-order valence-corrected chi connectivity index (χ3v) is 4.22. The quantitative estimate of drug-likeness (QED) is 0.752. The number of nitrogens with zero attached hydrogens (tertiary/aromatic N) is 1. The van der Waals surface area contributed by atoms with Crippen molar-refractivity contribution in [2.45, 2.75) is 39.4 Å². The molecule has 0 aliphatic rings. The molecule has 1 rings (SSSR count). The Bertz CT molecular complexity index is 452. The molecule has 0 aliphatic carbocycles. The molecular weight excluding hydrogens is 254 g/mol. The fourth-order valence-electron chi connectivity index (χ4n) is 1.32. The zero-order valence-electron chi connectivity index (χ0n) is 10.9. The molecule has 1 aromatic rings. The third kappa shape index (κ3) is 3.93. The summed E-state index contributed by atoms with van der Waals surface area (Å²) in [6, 6.07) is 3.89. The maximum absolute atomic E-state index is 11.8. The number of hydrogen-bond acceptors (Lipinski definition) is 1. The molecule has 0 saturated carbocycles. The second-order valence-electron chi connectivity index (χ2n) is 5.06. The Hall–Kier alpha value is -0.670. The summed E-state index contributed by atoms with van der Waals surface area (Å²) in [6.45, 7) is 9.61. The van der Waals surface area contributed by atoms with Gasteiger partial charge in [0.25, 0.3) is 0 Å². The van der Waals surface area contributed by atoms with Crippen molar-refractivity contribution < 1.29 is 4.21 Å². The first-order valence-electron chi connectivity index (χ1n) is 5.44. The van der Waals surface area contributed by atoms with Crippen LogP contribution in [0.1, 0.15) is 37.5 Å². The fourth-order valence-corrected chi connectivity index (χ4v) is 1.96. The highest BCUT2D eigenvalue weighted by Gasteiger charge is 2.18. The molecule has 0 unspecified atom stereocenters. The minimum atomic E-state index is -1.22. The van der Waals surface area contributed by atoms with Gasteiger partial charge in [0.1, 0.15) is 11.0 Å². The SMILES string of the molecule is Cc1cc(C=N[S@](=O)C(C)(C)C)cc(C)c1Cl. The summed E-state index contributed by atoms with van der Waals surface area (Å²) in [5.74, 6) is 0. The predicted molar refractivity (Wildman–Crippen MR) is 76.4 cm³/mol. The number of hydrogen-bond donors (Lipinski definition) is 0. The molecule has 94 valence electrons. The Labute approximate surface area is 111 Å². The van der Waals surface area contributed by atoms with E-state index < -0.39 is 11.0 Å². The summed E-state index contributed by atoms with van der Waals surface area (Å²) in [5.41, 5.74) is 2.95. The van der Waals surface area contributed by atoms with Gasteiger partial charge in [-0.1, -0.05) is 11.6 Å². The standard InChI is InChI=1S/C13H18ClNOS/c1-9-6-11(7-10(2)12(9)14)8-15-17(16)13(3,4)5/h6-8H,1-5H3/t17-/m1/s1. The first-order chi connectivity index (χ1) is 7.71. The summed E-state index contributed by atoms with van der Waals surface area (Å²) >= 11 is 6.08. The second-order valence-corrected chi connectivity index (χ2v) is 7.38. The molecule has 2 nitrogen and oxygen atoms in total. The van der Waals surface area contributed by atoms with Crippen molar-refractivity contribution in [1.29, 1.82) is 0 Å². The highest BCUT2D eigenvalue weighted by atomic mass is 35.5. The zero-order chi connectivity index (χ0) is 13.2. The molecule has 0 N–H and O–H groups in total. The van der Waals surface area contributed by atoms with Crippen molar-refractivity contribution in [1.82, 2.24) is 0 Å². The van der Waals surface area contributed by atoms with Crippen molar-refractivity contribution in [3.05, 3.63) is 33.8 Å². The Balaban J connectivity index is 2.97. The van der Waals surface area contributed by atoms with Gasteiger partial charge in [0.05, 0.1) is 4.75 Å². The summed E-state index contributed by atoms with van der Waals surface area (Å²) in [6.07, 6.45) is 1.65. The van der Waals surface area contributed by atoms with Crippen LogP contribution in [0.15, 0.2) is 16.5 Å². The van der Waals surface area contributed by atoms with E-state index in [0.29, 0.717) is 0 Å². The molecule has 0 fully saturated rings. The van der Waals surface area contributed by atoms with E-state index in [1.807, 2.05) is 46.8 Å². The van der Waals surface area contributed by atoms with E-state index in [2.05, 4.69) is 4.40 Å². The summed E-state index contributed by atoms with van der Waals surface area (Å²) in [4.78, 5) is 0. The molecule has 4 heteroatoms. The van der Waals surface area contributed by atoms with E-state index in [9.17, 15) is 4.21 Å². The second kappa shape index (κ2) is 5.32. The van der Waals surface area contributed by atoms with Crippen molar-refractivity contribution in [2.24, 2.45) is 4.40 Å². The van der Waals surface area contributed by atoms with Crippen LogP contribution in [0.2, 0.25) is 5.02 Å². The van der Waals surface area contributed by atoms with Crippen LogP contribution in [0, 0.1) is 13.8 Å². The van der Waals surface area contributed by atoms with Crippen molar-refractivity contribution in [2.75, 3.05) is 0 Å². The summed E-state index contributed by atoms with van der Waals surface area (Å²) < 4.78 is 15.5. The molecule has 0 bridgehead atoms. The molecule has 0 radical (unpaired) electrons. The minimum Gasteiger partial charge on any atom is -0.234 e. The smallest absolute Gasteiger partial charge is 0.144 e. The van der Waals surface area contributed by atoms with Gasteiger partial charge in [0.15, 0.2) is 0 Å². The molecule has 0 amide bonds. The molecule has 0 aromatic heterocycles. The lowest BCUT2D eigenvalue weighted by atomic mass is 10.1. The van der Waals surface area contributed by atoms with E-state index in [-0.39, 0.29) is 4.75 Å². The monoisotopic (exact) mass is 271 g/mol. The maximum atomic E-state index is 11.8. The van der Waals surface area contributed by atoms with E-state index in [1.165, 1.54) is 0 Å². The molecule has 1 atom stereocenters. The normalized spacial score (nSPS) is 14.2. The molecule has 0 saturated heterocycles. The third-order valence-electron chi connectivity index (χ3n) is 2.28. The van der Waals surface area contributed by atoms with E-state index >= 15 is 0 Å². The average Bonchev–Trinajstić information content (AvgIpc) is 2.20. The van der Waals surface area contributed by atoms with E-state index in [0.717, 1.165) is 21.7 Å². The lowest BCUT2D eigenvalue weighted by Gasteiger charge is -2.12. The topological polar surface area (TPSA) is 29.4 Å². The Morgan fingerprint density at radius 1 is 1.24 bits per heavy atom. The van der Waals surface area contributed by atoms with Crippen LogP contribution in [0.4, 0.5) is 0 Å². The van der Waals surface area contributed by atoms with Crippen molar-refractivity contribution >= 4 is 28.8 Å². The first kappa shape index (κ1) is 14.4. The lowest BCUT2D eigenvalue weighted by Crippen LogP contribution is -2.19. The molecule has 0 spiro atoms. The van der Waals surface area contributed by atoms with Crippen LogP contribution in [0.5, 0.6) is 0 Å². The highest BCUT2D eigenvalue weighted by Crippen LogP contribution is 2.21. The predicted octanol–water partition coefficient (Wildman–Crippen LogP) is 3.84.